The molecule has 13 heteroatoms. The summed E-state index contributed by atoms with van der Waals surface area (Å²) in [5.41, 5.74) is 6.45. The van der Waals surface area contributed by atoms with Gasteiger partial charge in [0.25, 0.3) is 0 Å². The maximum Gasteiger partial charge on any atom is 0.196 e. The van der Waals surface area contributed by atoms with Gasteiger partial charge in [-0.1, -0.05) is 83.7 Å². The largest absolute Gasteiger partial charge is 0.390 e. The van der Waals surface area contributed by atoms with E-state index in [1.54, 1.807) is 48.5 Å². The predicted molar refractivity (Wildman–Crippen MR) is 273 cm³/mol. The zero-order valence-electron chi connectivity index (χ0n) is 39.8. The first-order chi connectivity index (χ1) is 32.7. The molecule has 13 nitrogen and oxygen atoms in total. The van der Waals surface area contributed by atoms with Crippen molar-refractivity contribution >= 4 is 45.9 Å². The number of carbonyl (C=O) groups excluding carboxylic acids is 4. The summed E-state index contributed by atoms with van der Waals surface area (Å²) in [6, 6.07) is 21.6. The Labute approximate surface area is 403 Å². The van der Waals surface area contributed by atoms with Gasteiger partial charge in [-0.15, -0.1) is 0 Å². The van der Waals surface area contributed by atoms with Crippen LogP contribution in [0.4, 0.5) is 22.7 Å². The number of hydrogen-bond donors (Lipinski definition) is 6. The number of carbonyl (C=O) groups is 4. The van der Waals surface area contributed by atoms with Crippen molar-refractivity contribution in [3.05, 3.63) is 117 Å². The van der Waals surface area contributed by atoms with Crippen molar-refractivity contribution in [2.24, 2.45) is 11.8 Å². The molecule has 366 valence electrons. The van der Waals surface area contributed by atoms with Gasteiger partial charge in [-0.3, -0.25) is 19.2 Å². The molecular formula is C55H74N6O7. The normalized spacial score (nSPS) is 17.5. The molecule has 2 saturated heterocycles. The number of rotatable bonds is 18. The van der Waals surface area contributed by atoms with Gasteiger partial charge in [0.05, 0.1) is 41.1 Å². The number of hydrogen-bond acceptors (Lipinski definition) is 13. The minimum Gasteiger partial charge on any atom is -0.390 e. The van der Waals surface area contributed by atoms with Crippen LogP contribution in [0.15, 0.2) is 72.8 Å². The average molecular weight is 931 g/mol. The molecule has 0 unspecified atom stereocenters. The molecule has 2 saturated carbocycles. The summed E-state index contributed by atoms with van der Waals surface area (Å²) in [4.78, 5) is 55.3. The van der Waals surface area contributed by atoms with Gasteiger partial charge in [0.15, 0.2) is 23.1 Å². The lowest BCUT2D eigenvalue weighted by Gasteiger charge is -2.25. The molecule has 2 aliphatic heterocycles. The van der Waals surface area contributed by atoms with Crippen LogP contribution in [0.25, 0.3) is 0 Å². The number of fused-ring (bicyclic) bond motifs is 4. The molecular weight excluding hydrogens is 857 g/mol. The molecule has 4 aliphatic carbocycles. The lowest BCUT2D eigenvalue weighted by Crippen LogP contribution is -2.36. The molecule has 2 heterocycles. The Morgan fingerprint density at radius 3 is 1.24 bits per heavy atom. The molecule has 2 atom stereocenters. The molecule has 4 aromatic carbocycles. The van der Waals surface area contributed by atoms with Gasteiger partial charge in [0.2, 0.25) is 0 Å². The summed E-state index contributed by atoms with van der Waals surface area (Å²) < 4.78 is 10.2. The second-order valence-electron chi connectivity index (χ2n) is 18.0. The van der Waals surface area contributed by atoms with Crippen molar-refractivity contribution in [3.63, 3.8) is 0 Å². The molecule has 0 radical (unpaired) electrons. The van der Waals surface area contributed by atoms with Crippen molar-refractivity contribution in [3.8, 4) is 0 Å². The maximum atomic E-state index is 13.4. The highest BCUT2D eigenvalue weighted by Gasteiger charge is 2.36. The molecule has 6 aliphatic rings. The van der Waals surface area contributed by atoms with Crippen molar-refractivity contribution in [2.45, 2.75) is 85.9 Å². The van der Waals surface area contributed by atoms with Crippen LogP contribution in [0, 0.1) is 11.8 Å². The monoisotopic (exact) mass is 931 g/mol. The maximum absolute atomic E-state index is 13.4. The van der Waals surface area contributed by atoms with Crippen LogP contribution in [0.3, 0.4) is 0 Å². The van der Waals surface area contributed by atoms with E-state index in [1.807, 2.05) is 24.3 Å². The molecule has 0 aromatic heterocycles. The number of ether oxygens (including phenoxy) is 2. The Morgan fingerprint density at radius 2 is 0.941 bits per heavy atom. The standard InChI is InChI=1S/C25H31N3O3.C21H20N2O3.C4H11N.C4H8O.CH4/c1-3-28(4-2)15-17(29)14-27-21-12-11-20(26-13-16-9-10-16)22-23(21)25(31)19-8-6-5-7-18(19)24(22)30;24-20-14-3-1-2-4-15(14)21(25)19-17(23-10-13-11-26-13)8-7-16(18(19)20)22-9-12-5-6-12;1-3-5-4-2;1-2-4-5-3-1;/h5-8,11-12,16-17,26-27,29H,3-4,9-10,13-15H2,1-2H3;1-4,7-8,12-13,22-23H,5-6,9-11H2;5H,3-4H2,1-2H3;1-4H2;1H4/t17-;13-;;;/m00.../s1. The number of nitrogens with zero attached hydrogens (tertiary/aromatic N) is 1. The van der Waals surface area contributed by atoms with E-state index < -0.39 is 6.10 Å². The number of nitrogens with one attached hydrogen (secondary N) is 5. The number of ketones is 4. The molecule has 0 spiro atoms. The summed E-state index contributed by atoms with van der Waals surface area (Å²) in [5, 5.41) is 26.9. The van der Waals surface area contributed by atoms with Crippen molar-refractivity contribution in [2.75, 3.05) is 100.0 Å². The van der Waals surface area contributed by atoms with E-state index in [1.165, 1.54) is 38.5 Å². The molecule has 0 amide bonds. The highest BCUT2D eigenvalue weighted by molar-refractivity contribution is 6.33. The minimum atomic E-state index is -0.579. The first-order valence-corrected chi connectivity index (χ1v) is 24.6. The number of aliphatic hydroxyl groups excluding tert-OH is 1. The van der Waals surface area contributed by atoms with Crippen LogP contribution in [0.2, 0.25) is 0 Å². The van der Waals surface area contributed by atoms with Crippen LogP contribution in [0.5, 0.6) is 0 Å². The molecule has 10 rings (SSSR count). The van der Waals surface area contributed by atoms with Crippen LogP contribution in [0.1, 0.15) is 137 Å². The third-order valence-corrected chi connectivity index (χ3v) is 12.8. The van der Waals surface area contributed by atoms with Crippen LogP contribution >= 0.6 is 0 Å². The number of likely N-dealkylation sites (N-methyl/N-ethyl adjacent to an activating group) is 1. The van der Waals surface area contributed by atoms with E-state index in [0.29, 0.717) is 93.0 Å². The van der Waals surface area contributed by atoms with Gasteiger partial charge in [-0.2, -0.15) is 0 Å². The van der Waals surface area contributed by atoms with E-state index in [2.05, 4.69) is 59.2 Å². The van der Waals surface area contributed by atoms with Gasteiger partial charge < -0.3 is 46.1 Å². The van der Waals surface area contributed by atoms with Gasteiger partial charge in [-0.05, 0) is 101 Å². The highest BCUT2D eigenvalue weighted by atomic mass is 16.6. The fourth-order valence-corrected chi connectivity index (χ4v) is 8.43. The molecule has 0 bridgehead atoms. The van der Waals surface area contributed by atoms with E-state index in [-0.39, 0.29) is 36.7 Å². The molecule has 68 heavy (non-hydrogen) atoms. The Balaban J connectivity index is 0.000000185. The number of epoxide rings is 1. The first kappa shape index (κ1) is 51.9. The SMILES string of the molecule is C.C1CCOC1.CCN(CC)C[C@@H](O)CNc1ccc(NCC2CC2)c2c1C(=O)c1ccccc1C2=O.CCNCC.O=C1c2ccccc2C(=O)c2c(NC[C@H]3CO3)ccc(NCC3CC3)c21. The summed E-state index contributed by atoms with van der Waals surface area (Å²) >= 11 is 0. The number of benzene rings is 4. The fraction of sp³-hybridized carbons (Fsp3) is 0.491. The van der Waals surface area contributed by atoms with E-state index >= 15 is 0 Å². The van der Waals surface area contributed by atoms with Gasteiger partial charge in [0.1, 0.15) is 0 Å². The minimum absolute atomic E-state index is 0. The fourth-order valence-electron chi connectivity index (χ4n) is 8.43. The van der Waals surface area contributed by atoms with E-state index in [4.69, 9.17) is 9.47 Å². The van der Waals surface area contributed by atoms with E-state index in [9.17, 15) is 24.3 Å². The Kier molecular flexibility index (Phi) is 19.3. The topological polar surface area (TPSA) is 174 Å². The Bertz CT molecular complexity index is 2270. The highest BCUT2D eigenvalue weighted by Crippen LogP contribution is 2.39. The van der Waals surface area contributed by atoms with Crippen LogP contribution in [-0.2, 0) is 9.47 Å². The lowest BCUT2D eigenvalue weighted by atomic mass is 9.82. The van der Waals surface area contributed by atoms with Crippen molar-refractivity contribution in [1.82, 2.24) is 10.2 Å². The van der Waals surface area contributed by atoms with E-state index in [0.717, 1.165) is 64.8 Å². The van der Waals surface area contributed by atoms with Crippen LogP contribution in [-0.4, -0.2) is 124 Å². The quantitative estimate of drug-likeness (QED) is 0.0453. The second-order valence-corrected chi connectivity index (χ2v) is 18.0. The lowest BCUT2D eigenvalue weighted by molar-refractivity contribution is 0.0980. The molecule has 4 aromatic rings. The van der Waals surface area contributed by atoms with Crippen molar-refractivity contribution in [1.29, 1.82) is 0 Å². The third-order valence-electron chi connectivity index (χ3n) is 12.8. The first-order valence-electron chi connectivity index (χ1n) is 24.6. The summed E-state index contributed by atoms with van der Waals surface area (Å²) in [5.74, 6) is 0.864. The summed E-state index contributed by atoms with van der Waals surface area (Å²) in [6.07, 6.45) is 7.03. The second kappa shape index (κ2) is 25.2. The van der Waals surface area contributed by atoms with Gasteiger partial charge in [0, 0.05) is 90.9 Å². The van der Waals surface area contributed by atoms with Gasteiger partial charge in [-0.25, -0.2) is 0 Å². The summed E-state index contributed by atoms with van der Waals surface area (Å²) in [7, 11) is 0. The number of aliphatic hydroxyl groups is 1. The van der Waals surface area contributed by atoms with Gasteiger partial charge >= 0.3 is 0 Å². The Morgan fingerprint density at radius 1 is 0.574 bits per heavy atom. The van der Waals surface area contributed by atoms with Crippen LogP contribution < -0.4 is 26.6 Å². The average Bonchev–Trinajstić information content (AvgIpc) is 4.30. The summed E-state index contributed by atoms with van der Waals surface area (Å²) in [6.45, 7) is 18.2. The zero-order valence-corrected chi connectivity index (χ0v) is 39.8. The smallest absolute Gasteiger partial charge is 0.196 e. The molecule has 6 N–H and O–H groups in total. The molecule has 4 fully saturated rings. The number of anilines is 4. The predicted octanol–water partition coefficient (Wildman–Crippen LogP) is 8.54. The third kappa shape index (κ3) is 13.4. The zero-order chi connectivity index (χ0) is 47.3. The van der Waals surface area contributed by atoms with Crippen molar-refractivity contribution < 1.29 is 33.8 Å². The Hall–Kier alpha value is -5.44.